The van der Waals surface area contributed by atoms with Gasteiger partial charge in [0.2, 0.25) is 5.91 Å². The van der Waals surface area contributed by atoms with E-state index < -0.39 is 11.4 Å². The second-order valence-corrected chi connectivity index (χ2v) is 6.77. The molecule has 1 amide bonds. The highest BCUT2D eigenvalue weighted by atomic mass is 32.2. The summed E-state index contributed by atoms with van der Waals surface area (Å²) >= 11 is 1.66. The molecule has 1 saturated heterocycles. The largest absolute Gasteiger partial charge is 0.481 e. The third kappa shape index (κ3) is 4.69. The van der Waals surface area contributed by atoms with Crippen LogP contribution in [0, 0.1) is 5.41 Å². The van der Waals surface area contributed by atoms with Gasteiger partial charge in [0.15, 0.2) is 0 Å². The minimum atomic E-state index is -0.740. The highest BCUT2D eigenvalue weighted by Crippen LogP contribution is 2.35. The number of hydrogen-bond donors (Lipinski definition) is 1. The second-order valence-electron chi connectivity index (χ2n) is 5.66. The lowest BCUT2D eigenvalue weighted by molar-refractivity contribution is -0.155. The van der Waals surface area contributed by atoms with Crippen molar-refractivity contribution in [1.29, 1.82) is 0 Å². The summed E-state index contributed by atoms with van der Waals surface area (Å²) in [5.41, 5.74) is -0.712. The molecule has 1 atom stereocenters. The monoisotopic (exact) mass is 301 g/mol. The molecule has 0 aromatic carbocycles. The molecule has 0 bridgehead atoms. The number of amides is 1. The van der Waals surface area contributed by atoms with Crippen LogP contribution in [0.5, 0.6) is 0 Å². The van der Waals surface area contributed by atoms with Crippen molar-refractivity contribution in [3.05, 3.63) is 0 Å². The van der Waals surface area contributed by atoms with Crippen LogP contribution < -0.4 is 0 Å². The number of nitrogens with zero attached hydrogens (tertiary/aromatic N) is 1. The van der Waals surface area contributed by atoms with Gasteiger partial charge in [0.1, 0.15) is 0 Å². The number of piperidine rings is 1. The molecule has 0 aliphatic carbocycles. The predicted octanol–water partition coefficient (Wildman–Crippen LogP) is 3.01. The maximum atomic E-state index is 12.2. The topological polar surface area (TPSA) is 57.6 Å². The highest BCUT2D eigenvalue weighted by molar-refractivity contribution is 7.99. The molecule has 116 valence electrons. The summed E-state index contributed by atoms with van der Waals surface area (Å²) in [7, 11) is 0. The number of carbonyl (C=O) groups is 2. The zero-order valence-electron chi connectivity index (χ0n) is 12.7. The number of aliphatic carboxylic acids is 1. The van der Waals surface area contributed by atoms with Gasteiger partial charge in [-0.3, -0.25) is 9.59 Å². The van der Waals surface area contributed by atoms with Gasteiger partial charge in [-0.15, -0.1) is 0 Å². The van der Waals surface area contributed by atoms with Crippen molar-refractivity contribution in [2.45, 2.75) is 52.4 Å². The Hall–Kier alpha value is -0.710. The second kappa shape index (κ2) is 8.55. The van der Waals surface area contributed by atoms with Gasteiger partial charge in [-0.2, -0.15) is 11.8 Å². The Kier molecular flexibility index (Phi) is 7.41. The van der Waals surface area contributed by atoms with Gasteiger partial charge in [0.05, 0.1) is 11.2 Å². The third-order valence-corrected chi connectivity index (χ3v) is 5.01. The first-order valence-electron chi connectivity index (χ1n) is 7.64. The molecule has 5 heteroatoms. The average molecular weight is 301 g/mol. The van der Waals surface area contributed by atoms with E-state index in [1.165, 1.54) is 0 Å². The summed E-state index contributed by atoms with van der Waals surface area (Å²) in [4.78, 5) is 25.5. The number of carboxylic acids is 1. The fraction of sp³-hybridized carbons (Fsp3) is 0.867. The molecule has 1 heterocycles. The molecule has 1 fully saturated rings. The van der Waals surface area contributed by atoms with E-state index in [1.54, 1.807) is 16.7 Å². The molecule has 1 N–H and O–H groups in total. The Morgan fingerprint density at radius 1 is 1.30 bits per heavy atom. The van der Waals surface area contributed by atoms with E-state index in [4.69, 9.17) is 0 Å². The van der Waals surface area contributed by atoms with Crippen LogP contribution in [0.25, 0.3) is 0 Å². The van der Waals surface area contributed by atoms with Gasteiger partial charge in [0.25, 0.3) is 0 Å². The minimum Gasteiger partial charge on any atom is -0.481 e. The zero-order chi connectivity index (χ0) is 15.0. The van der Waals surface area contributed by atoms with Gasteiger partial charge in [-0.25, -0.2) is 0 Å². The molecule has 1 rings (SSSR count). The van der Waals surface area contributed by atoms with E-state index in [-0.39, 0.29) is 5.91 Å². The number of thioether (sulfide) groups is 1. The van der Waals surface area contributed by atoms with Crippen molar-refractivity contribution in [2.75, 3.05) is 24.6 Å². The molecular weight excluding hydrogens is 274 g/mol. The van der Waals surface area contributed by atoms with Gasteiger partial charge in [-0.05, 0) is 31.4 Å². The smallest absolute Gasteiger partial charge is 0.311 e. The summed E-state index contributed by atoms with van der Waals surface area (Å²) < 4.78 is 0. The average Bonchev–Trinajstić information content (AvgIpc) is 2.44. The van der Waals surface area contributed by atoms with Crippen molar-refractivity contribution in [2.24, 2.45) is 5.41 Å². The predicted molar refractivity (Wildman–Crippen MR) is 83.0 cm³/mol. The van der Waals surface area contributed by atoms with Gasteiger partial charge in [-0.1, -0.05) is 26.7 Å². The summed E-state index contributed by atoms with van der Waals surface area (Å²) in [6.07, 6.45) is 5.28. The summed E-state index contributed by atoms with van der Waals surface area (Å²) in [6.45, 7) is 5.25. The Labute approximate surface area is 126 Å². The number of unbranched alkanes of at least 4 members (excludes halogenated alkanes) is 1. The molecule has 20 heavy (non-hydrogen) atoms. The Balaban J connectivity index is 2.54. The number of rotatable bonds is 8. The number of hydrogen-bond acceptors (Lipinski definition) is 3. The van der Waals surface area contributed by atoms with Crippen molar-refractivity contribution < 1.29 is 14.7 Å². The molecule has 0 radical (unpaired) electrons. The van der Waals surface area contributed by atoms with E-state index in [1.807, 2.05) is 6.92 Å². The SMILES string of the molecule is CCCCSCC(=O)N1CCCC(CCC)(C(=O)O)C1. The van der Waals surface area contributed by atoms with Crippen molar-refractivity contribution in [3.8, 4) is 0 Å². The molecule has 4 nitrogen and oxygen atoms in total. The van der Waals surface area contributed by atoms with Crippen LogP contribution in [0.2, 0.25) is 0 Å². The van der Waals surface area contributed by atoms with E-state index >= 15 is 0 Å². The maximum absolute atomic E-state index is 12.2. The molecular formula is C15H27NO3S. The molecule has 1 aliphatic rings. The molecule has 0 spiro atoms. The first-order chi connectivity index (χ1) is 9.55. The Morgan fingerprint density at radius 3 is 2.65 bits per heavy atom. The minimum absolute atomic E-state index is 0.104. The van der Waals surface area contributed by atoms with Gasteiger partial charge >= 0.3 is 5.97 Å². The molecule has 0 aromatic rings. The molecule has 1 unspecified atom stereocenters. The zero-order valence-corrected chi connectivity index (χ0v) is 13.5. The van der Waals surface area contributed by atoms with Crippen LogP contribution in [0.15, 0.2) is 0 Å². The van der Waals surface area contributed by atoms with Gasteiger partial charge < -0.3 is 10.0 Å². The highest BCUT2D eigenvalue weighted by Gasteiger charge is 2.42. The molecule has 1 aliphatic heterocycles. The quantitative estimate of drug-likeness (QED) is 0.700. The third-order valence-electron chi connectivity index (χ3n) is 3.98. The number of likely N-dealkylation sites (tertiary alicyclic amines) is 1. The van der Waals surface area contributed by atoms with E-state index in [2.05, 4.69) is 6.92 Å². The Morgan fingerprint density at radius 2 is 2.05 bits per heavy atom. The van der Waals surface area contributed by atoms with Crippen molar-refractivity contribution in [1.82, 2.24) is 4.90 Å². The van der Waals surface area contributed by atoms with Crippen LogP contribution in [-0.4, -0.2) is 46.5 Å². The van der Waals surface area contributed by atoms with Gasteiger partial charge in [0, 0.05) is 13.1 Å². The lowest BCUT2D eigenvalue weighted by Crippen LogP contribution is -2.50. The normalized spacial score (nSPS) is 22.8. The fourth-order valence-electron chi connectivity index (χ4n) is 2.81. The molecule has 0 saturated carbocycles. The summed E-state index contributed by atoms with van der Waals surface area (Å²) in [6, 6.07) is 0. The van der Waals surface area contributed by atoms with Crippen LogP contribution in [0.4, 0.5) is 0 Å². The standard InChI is InChI=1S/C15H27NO3S/c1-3-5-10-20-11-13(17)16-9-6-8-15(12-16,7-4-2)14(18)19/h3-12H2,1-2H3,(H,18,19). The lowest BCUT2D eigenvalue weighted by Gasteiger charge is -2.40. The van der Waals surface area contributed by atoms with E-state index in [0.717, 1.165) is 31.4 Å². The first-order valence-corrected chi connectivity index (χ1v) is 8.80. The Bertz CT molecular complexity index is 331. The maximum Gasteiger partial charge on any atom is 0.311 e. The summed E-state index contributed by atoms with van der Waals surface area (Å²) in [5, 5.41) is 9.52. The fourth-order valence-corrected chi connectivity index (χ4v) is 3.80. The van der Waals surface area contributed by atoms with E-state index in [0.29, 0.717) is 31.7 Å². The van der Waals surface area contributed by atoms with Crippen LogP contribution >= 0.6 is 11.8 Å². The van der Waals surface area contributed by atoms with E-state index in [9.17, 15) is 14.7 Å². The first kappa shape index (κ1) is 17.3. The number of carbonyl (C=O) groups excluding carboxylic acids is 1. The number of carboxylic acid groups (broad SMARTS) is 1. The lowest BCUT2D eigenvalue weighted by atomic mass is 9.76. The molecule has 0 aromatic heterocycles. The van der Waals surface area contributed by atoms with Crippen molar-refractivity contribution in [3.63, 3.8) is 0 Å². The van der Waals surface area contributed by atoms with Crippen LogP contribution in [0.3, 0.4) is 0 Å². The van der Waals surface area contributed by atoms with Crippen LogP contribution in [-0.2, 0) is 9.59 Å². The van der Waals surface area contributed by atoms with Crippen LogP contribution in [0.1, 0.15) is 52.4 Å². The summed E-state index contributed by atoms with van der Waals surface area (Å²) in [5.74, 6) is 0.861. The van der Waals surface area contributed by atoms with Crippen molar-refractivity contribution >= 4 is 23.6 Å².